The Morgan fingerprint density at radius 3 is 3.07 bits per heavy atom. The quantitative estimate of drug-likeness (QED) is 0.639. The van der Waals surface area contributed by atoms with Crippen molar-refractivity contribution >= 4 is 34.1 Å². The predicted molar refractivity (Wildman–Crippen MR) is 68.2 cm³/mol. The van der Waals surface area contributed by atoms with E-state index in [0.29, 0.717) is 10.3 Å². The third kappa shape index (κ3) is 2.25. The summed E-state index contributed by atoms with van der Waals surface area (Å²) in [7, 11) is 1.63. The fourth-order valence-electron chi connectivity index (χ4n) is 1.64. The zero-order valence-electron chi connectivity index (χ0n) is 8.42. The van der Waals surface area contributed by atoms with Gasteiger partial charge in [-0.2, -0.15) is 0 Å². The third-order valence-corrected chi connectivity index (χ3v) is 3.33. The molecule has 4 heteroatoms. The van der Waals surface area contributed by atoms with E-state index in [9.17, 15) is 4.79 Å². The number of ether oxygens (including phenoxy) is 1. The molecule has 15 heavy (non-hydrogen) atoms. The summed E-state index contributed by atoms with van der Waals surface area (Å²) >= 11 is 2.30. The van der Waals surface area contributed by atoms with Gasteiger partial charge in [-0.25, -0.2) is 0 Å². The first-order chi connectivity index (χ1) is 7.20. The minimum Gasteiger partial charge on any atom is -0.497 e. The molecule has 1 atom stereocenters. The molecule has 0 bridgehead atoms. The second-order valence-electron chi connectivity index (χ2n) is 3.52. The van der Waals surface area contributed by atoms with Gasteiger partial charge in [0.25, 0.3) is 0 Å². The number of hydrogen-bond donors (Lipinski definition) is 1. The molecule has 0 radical (unpaired) electrons. The van der Waals surface area contributed by atoms with Crippen molar-refractivity contribution in [3.63, 3.8) is 0 Å². The molecule has 1 aromatic rings. The van der Waals surface area contributed by atoms with Crippen LogP contribution < -0.4 is 10.1 Å². The number of carbonyl (C=O) groups excluding carboxylic acids is 1. The number of Topliss-reactive ketones (excluding diaryl/α,β-unsaturated/α-hetero) is 1. The molecule has 0 amide bonds. The van der Waals surface area contributed by atoms with Crippen molar-refractivity contribution in [1.82, 2.24) is 0 Å². The van der Waals surface area contributed by atoms with Crippen LogP contribution in [0.5, 0.6) is 5.75 Å². The Morgan fingerprint density at radius 1 is 1.53 bits per heavy atom. The molecule has 0 aliphatic carbocycles. The second-order valence-corrected chi connectivity index (χ2v) is 5.28. The normalized spacial score (nSPS) is 20.1. The molecular formula is C11H12INO2. The monoisotopic (exact) mass is 317 g/mol. The topological polar surface area (TPSA) is 38.3 Å². The predicted octanol–water partition coefficient (Wildman–Crippen LogP) is 2.50. The maximum absolute atomic E-state index is 11.8. The molecular weight excluding hydrogens is 305 g/mol. The maximum atomic E-state index is 11.8. The van der Waals surface area contributed by atoms with Crippen LogP contribution in [0, 0.1) is 0 Å². The lowest BCUT2D eigenvalue weighted by Crippen LogP contribution is -2.12. The third-order valence-electron chi connectivity index (χ3n) is 2.45. The minimum absolute atomic E-state index is 0.206. The fourth-order valence-corrected chi connectivity index (χ4v) is 2.26. The van der Waals surface area contributed by atoms with Crippen LogP contribution in [0.2, 0.25) is 0 Å². The summed E-state index contributed by atoms with van der Waals surface area (Å²) in [4.78, 5) is 11.8. The van der Waals surface area contributed by atoms with Gasteiger partial charge in [-0.1, -0.05) is 22.6 Å². The highest BCUT2D eigenvalue weighted by Gasteiger charge is 2.20. The van der Waals surface area contributed by atoms with Gasteiger partial charge in [0.05, 0.1) is 7.11 Å². The Labute approximate surface area is 102 Å². The van der Waals surface area contributed by atoms with Gasteiger partial charge >= 0.3 is 0 Å². The van der Waals surface area contributed by atoms with Crippen molar-refractivity contribution in [2.45, 2.75) is 10.3 Å². The van der Waals surface area contributed by atoms with Crippen LogP contribution in [-0.4, -0.2) is 23.4 Å². The maximum Gasteiger partial charge on any atom is 0.166 e. The molecule has 1 unspecified atom stereocenters. The zero-order chi connectivity index (χ0) is 10.8. The fraction of sp³-hybridized carbons (Fsp3) is 0.364. The summed E-state index contributed by atoms with van der Waals surface area (Å²) < 4.78 is 5.49. The minimum atomic E-state index is 0.206. The highest BCUT2D eigenvalue weighted by molar-refractivity contribution is 14.1. The molecule has 0 aromatic heterocycles. The van der Waals surface area contributed by atoms with Gasteiger partial charge in [0, 0.05) is 34.2 Å². The average Bonchev–Trinajstić information content (AvgIpc) is 2.38. The molecule has 1 aromatic carbocycles. The lowest BCUT2D eigenvalue weighted by atomic mass is 10.1. The van der Waals surface area contributed by atoms with Gasteiger partial charge in [-0.15, -0.1) is 0 Å². The van der Waals surface area contributed by atoms with Gasteiger partial charge < -0.3 is 10.1 Å². The van der Waals surface area contributed by atoms with E-state index in [1.165, 1.54) is 0 Å². The van der Waals surface area contributed by atoms with E-state index in [0.717, 1.165) is 23.5 Å². The number of anilines is 1. The largest absolute Gasteiger partial charge is 0.497 e. The van der Waals surface area contributed by atoms with E-state index in [2.05, 4.69) is 27.9 Å². The SMILES string of the molecule is COc1ccc2c(c1)NCC(I)CC2=O. The van der Waals surface area contributed by atoms with Crippen LogP contribution in [0.15, 0.2) is 18.2 Å². The number of methoxy groups -OCH3 is 1. The number of ketones is 1. The standard InChI is InChI=1S/C11H12INO2/c1-15-8-2-3-9-10(5-8)13-6-7(12)4-11(9)14/h2-3,5,7,13H,4,6H2,1H3. The molecule has 2 rings (SSSR count). The summed E-state index contributed by atoms with van der Waals surface area (Å²) in [5.74, 6) is 0.984. The smallest absolute Gasteiger partial charge is 0.166 e. The van der Waals surface area contributed by atoms with Crippen LogP contribution >= 0.6 is 22.6 Å². The molecule has 0 spiro atoms. The number of benzene rings is 1. The van der Waals surface area contributed by atoms with Crippen molar-refractivity contribution in [3.8, 4) is 5.75 Å². The number of carbonyl (C=O) groups is 1. The molecule has 1 heterocycles. The highest BCUT2D eigenvalue weighted by atomic mass is 127. The highest BCUT2D eigenvalue weighted by Crippen LogP contribution is 2.27. The van der Waals surface area contributed by atoms with Crippen LogP contribution in [0.25, 0.3) is 0 Å². The summed E-state index contributed by atoms with van der Waals surface area (Å²) in [5.41, 5.74) is 1.66. The van der Waals surface area contributed by atoms with Crippen molar-refractivity contribution in [1.29, 1.82) is 0 Å². The number of fused-ring (bicyclic) bond motifs is 1. The summed E-state index contributed by atoms with van der Waals surface area (Å²) in [6.07, 6.45) is 0.604. The van der Waals surface area contributed by atoms with E-state index < -0.39 is 0 Å². The molecule has 1 aliphatic heterocycles. The van der Waals surface area contributed by atoms with Gasteiger partial charge in [0.15, 0.2) is 5.78 Å². The summed E-state index contributed by atoms with van der Waals surface area (Å²) in [6, 6.07) is 5.53. The van der Waals surface area contributed by atoms with Crippen molar-refractivity contribution in [3.05, 3.63) is 23.8 Å². The molecule has 1 N–H and O–H groups in total. The number of rotatable bonds is 1. The molecule has 3 nitrogen and oxygen atoms in total. The lowest BCUT2D eigenvalue weighted by Gasteiger charge is -2.08. The zero-order valence-corrected chi connectivity index (χ0v) is 10.6. The summed E-state index contributed by atoms with van der Waals surface area (Å²) in [6.45, 7) is 0.826. The van der Waals surface area contributed by atoms with E-state index in [4.69, 9.17) is 4.74 Å². The first-order valence-corrected chi connectivity index (χ1v) is 6.04. The van der Waals surface area contributed by atoms with Gasteiger partial charge in [0.2, 0.25) is 0 Å². The Morgan fingerprint density at radius 2 is 2.33 bits per heavy atom. The summed E-state index contributed by atoms with van der Waals surface area (Å²) in [5, 5.41) is 3.27. The van der Waals surface area contributed by atoms with Gasteiger partial charge in [-0.05, 0) is 12.1 Å². The van der Waals surface area contributed by atoms with Crippen LogP contribution in [-0.2, 0) is 0 Å². The number of hydrogen-bond acceptors (Lipinski definition) is 3. The van der Waals surface area contributed by atoms with Crippen molar-refractivity contribution < 1.29 is 9.53 Å². The first kappa shape index (κ1) is 10.7. The number of alkyl halides is 1. The second kappa shape index (κ2) is 4.38. The Kier molecular flexibility index (Phi) is 3.14. The lowest BCUT2D eigenvalue weighted by molar-refractivity contribution is 0.0986. The van der Waals surface area contributed by atoms with Crippen LogP contribution in [0.4, 0.5) is 5.69 Å². The molecule has 1 aliphatic rings. The average molecular weight is 317 g/mol. The molecule has 0 fully saturated rings. The van der Waals surface area contributed by atoms with Crippen LogP contribution in [0.3, 0.4) is 0 Å². The Bertz CT molecular complexity index is 392. The van der Waals surface area contributed by atoms with E-state index in [1.807, 2.05) is 18.2 Å². The molecule has 0 saturated carbocycles. The van der Waals surface area contributed by atoms with E-state index >= 15 is 0 Å². The van der Waals surface area contributed by atoms with Crippen LogP contribution in [0.1, 0.15) is 16.8 Å². The van der Waals surface area contributed by atoms with Gasteiger partial charge in [0.1, 0.15) is 5.75 Å². The van der Waals surface area contributed by atoms with Crippen molar-refractivity contribution in [2.24, 2.45) is 0 Å². The Balaban J connectivity index is 2.39. The van der Waals surface area contributed by atoms with Gasteiger partial charge in [-0.3, -0.25) is 4.79 Å². The van der Waals surface area contributed by atoms with Crippen molar-refractivity contribution in [2.75, 3.05) is 19.0 Å². The van der Waals surface area contributed by atoms with E-state index in [-0.39, 0.29) is 5.78 Å². The number of halogens is 1. The number of nitrogens with one attached hydrogen (secondary N) is 1. The van der Waals surface area contributed by atoms with E-state index in [1.54, 1.807) is 7.11 Å². The molecule has 0 saturated heterocycles. The molecule has 80 valence electrons. The first-order valence-electron chi connectivity index (χ1n) is 4.80. The Hall–Kier alpha value is -0.780.